The van der Waals surface area contributed by atoms with Crippen LogP contribution in [0.2, 0.25) is 0 Å². The second-order valence-electron chi connectivity index (χ2n) is 5.57. The van der Waals surface area contributed by atoms with Gasteiger partial charge in [0.15, 0.2) is 34.5 Å². The normalized spacial score (nSPS) is 11.3. The second-order valence-corrected chi connectivity index (χ2v) is 6.58. The van der Waals surface area contributed by atoms with Crippen molar-refractivity contribution in [1.29, 1.82) is 0 Å². The first kappa shape index (κ1) is 19.5. The number of amides is 1. The van der Waals surface area contributed by atoms with Gasteiger partial charge in [-0.25, -0.2) is 4.39 Å². The maximum Gasteiger partial charge on any atom is 0.286 e. The van der Waals surface area contributed by atoms with Crippen LogP contribution in [-0.4, -0.2) is 31.3 Å². The minimum atomic E-state index is -0.556. The molecule has 2 aromatic carbocycles. The molecule has 0 saturated carbocycles. The van der Waals surface area contributed by atoms with Crippen molar-refractivity contribution in [3.05, 3.63) is 47.0 Å². The van der Waals surface area contributed by atoms with E-state index in [1.54, 1.807) is 29.9 Å². The second kappa shape index (κ2) is 8.59. The van der Waals surface area contributed by atoms with E-state index in [1.165, 1.54) is 36.6 Å². The van der Waals surface area contributed by atoms with E-state index in [4.69, 9.17) is 20.6 Å². The molecule has 1 heterocycles. The molecule has 0 radical (unpaired) electrons. The van der Waals surface area contributed by atoms with Gasteiger partial charge < -0.3 is 18.8 Å². The summed E-state index contributed by atoms with van der Waals surface area (Å²) in [5.74, 6) is 2.55. The summed E-state index contributed by atoms with van der Waals surface area (Å²) in [6.45, 7) is -0.173. The molecule has 0 saturated heterocycles. The van der Waals surface area contributed by atoms with Crippen LogP contribution in [0.25, 0.3) is 10.2 Å². The summed E-state index contributed by atoms with van der Waals surface area (Å²) in [5.41, 5.74) is 0.766. The van der Waals surface area contributed by atoms with Gasteiger partial charge in [-0.3, -0.25) is 4.79 Å². The van der Waals surface area contributed by atoms with E-state index in [0.29, 0.717) is 16.3 Å². The van der Waals surface area contributed by atoms with Crippen LogP contribution in [0.5, 0.6) is 17.2 Å². The number of methoxy groups -OCH3 is 2. The third kappa shape index (κ3) is 4.00. The molecule has 1 amide bonds. The van der Waals surface area contributed by atoms with E-state index in [9.17, 15) is 9.18 Å². The topological polar surface area (TPSA) is 62.1 Å². The average Bonchev–Trinajstić information content (AvgIpc) is 3.02. The maximum atomic E-state index is 13.6. The number of fused-ring (bicyclic) bond motifs is 1. The number of terminal acetylenes is 1. The number of carbonyl (C=O) groups is 1. The Hall–Kier alpha value is -3.31. The van der Waals surface area contributed by atoms with E-state index < -0.39 is 18.3 Å². The Morgan fingerprint density at radius 3 is 2.61 bits per heavy atom. The molecular weight excluding hydrogens is 383 g/mol. The van der Waals surface area contributed by atoms with E-state index in [0.717, 1.165) is 10.2 Å². The summed E-state index contributed by atoms with van der Waals surface area (Å²) in [7, 11) is 3.08. The van der Waals surface area contributed by atoms with Crippen LogP contribution in [0.1, 0.15) is 0 Å². The summed E-state index contributed by atoms with van der Waals surface area (Å²) in [5, 5.41) is 0. The highest BCUT2D eigenvalue weighted by atomic mass is 32.1. The van der Waals surface area contributed by atoms with Gasteiger partial charge in [0.25, 0.3) is 5.91 Å². The molecule has 0 N–H and O–H groups in total. The molecule has 3 aromatic rings. The Labute approximate surface area is 164 Å². The largest absolute Gasteiger partial charge is 0.493 e. The van der Waals surface area contributed by atoms with Gasteiger partial charge in [-0.1, -0.05) is 29.4 Å². The van der Waals surface area contributed by atoms with Gasteiger partial charge in [0, 0.05) is 12.1 Å². The van der Waals surface area contributed by atoms with Crippen molar-refractivity contribution in [2.45, 2.75) is 6.54 Å². The van der Waals surface area contributed by atoms with Crippen LogP contribution in [0.3, 0.4) is 0 Å². The highest BCUT2D eigenvalue weighted by Crippen LogP contribution is 2.33. The number of nitrogens with zero attached hydrogens (tertiary/aromatic N) is 2. The van der Waals surface area contributed by atoms with Crippen LogP contribution in [0, 0.1) is 18.2 Å². The molecular formula is C20H17FN2O4S. The number of halogens is 1. The van der Waals surface area contributed by atoms with Gasteiger partial charge in [0.1, 0.15) is 0 Å². The molecule has 144 valence electrons. The fourth-order valence-electron chi connectivity index (χ4n) is 2.57. The van der Waals surface area contributed by atoms with Gasteiger partial charge in [-0.15, -0.1) is 6.42 Å². The number of rotatable bonds is 6. The molecule has 0 atom stereocenters. The molecule has 0 aliphatic rings. The predicted octanol–water partition coefficient (Wildman–Crippen LogP) is 3.00. The molecule has 28 heavy (non-hydrogen) atoms. The Bertz CT molecular complexity index is 1130. The highest BCUT2D eigenvalue weighted by Gasteiger charge is 2.13. The van der Waals surface area contributed by atoms with Gasteiger partial charge >= 0.3 is 0 Å². The van der Waals surface area contributed by atoms with E-state index in [2.05, 4.69) is 10.9 Å². The lowest BCUT2D eigenvalue weighted by Crippen LogP contribution is -2.19. The molecule has 3 rings (SSSR count). The quantitative estimate of drug-likeness (QED) is 0.597. The fraction of sp³-hybridized carbons (Fsp3) is 0.200. The van der Waals surface area contributed by atoms with Crippen molar-refractivity contribution < 1.29 is 23.4 Å². The number of hydrogen-bond donors (Lipinski definition) is 0. The van der Waals surface area contributed by atoms with E-state index in [-0.39, 0.29) is 12.3 Å². The van der Waals surface area contributed by atoms with Crippen molar-refractivity contribution in [3.8, 4) is 29.6 Å². The number of thiazole rings is 1. The lowest BCUT2D eigenvalue weighted by Gasteiger charge is -2.08. The first-order valence-corrected chi connectivity index (χ1v) is 9.02. The number of benzene rings is 2. The van der Waals surface area contributed by atoms with Crippen LogP contribution < -0.4 is 19.0 Å². The molecule has 1 aromatic heterocycles. The molecule has 6 nitrogen and oxygen atoms in total. The average molecular weight is 400 g/mol. The summed E-state index contributed by atoms with van der Waals surface area (Å²) >= 11 is 1.28. The molecule has 8 heteroatoms. The molecule has 0 unspecified atom stereocenters. The summed E-state index contributed by atoms with van der Waals surface area (Å²) in [6.07, 6.45) is 5.47. The predicted molar refractivity (Wildman–Crippen MR) is 104 cm³/mol. The van der Waals surface area contributed by atoms with Gasteiger partial charge in [0.05, 0.1) is 31.0 Å². The Balaban J connectivity index is 1.96. The number of carbonyl (C=O) groups excluding carboxylic acids is 1. The zero-order valence-electron chi connectivity index (χ0n) is 15.3. The fourth-order valence-corrected chi connectivity index (χ4v) is 3.62. The van der Waals surface area contributed by atoms with Crippen LogP contribution in [-0.2, 0) is 11.3 Å². The van der Waals surface area contributed by atoms with Crippen LogP contribution in [0.15, 0.2) is 41.4 Å². The van der Waals surface area contributed by atoms with Crippen molar-refractivity contribution in [3.63, 3.8) is 0 Å². The number of hydrogen-bond acceptors (Lipinski definition) is 5. The van der Waals surface area contributed by atoms with Crippen molar-refractivity contribution in [2.24, 2.45) is 4.99 Å². The first-order chi connectivity index (χ1) is 13.6. The zero-order valence-corrected chi connectivity index (χ0v) is 16.1. The molecule has 0 fully saturated rings. The third-order valence-electron chi connectivity index (χ3n) is 3.85. The van der Waals surface area contributed by atoms with Crippen molar-refractivity contribution >= 4 is 27.5 Å². The number of ether oxygens (including phenoxy) is 3. The molecule has 0 spiro atoms. The van der Waals surface area contributed by atoms with Crippen molar-refractivity contribution in [2.75, 3.05) is 20.8 Å². The number of aromatic nitrogens is 1. The number of para-hydroxylation sites is 1. The molecule has 0 aliphatic heterocycles. The minimum absolute atomic E-state index is 0.00614. The van der Waals surface area contributed by atoms with Crippen LogP contribution >= 0.6 is 11.3 Å². The maximum absolute atomic E-state index is 13.6. The van der Waals surface area contributed by atoms with Gasteiger partial charge in [0.2, 0.25) is 0 Å². The van der Waals surface area contributed by atoms with E-state index in [1.807, 2.05) is 0 Å². The van der Waals surface area contributed by atoms with Crippen molar-refractivity contribution in [1.82, 2.24) is 4.57 Å². The monoisotopic (exact) mass is 400 g/mol. The Morgan fingerprint density at radius 2 is 1.93 bits per heavy atom. The van der Waals surface area contributed by atoms with Crippen LogP contribution in [0.4, 0.5) is 4.39 Å². The third-order valence-corrected chi connectivity index (χ3v) is 4.89. The van der Waals surface area contributed by atoms with Gasteiger partial charge in [-0.2, -0.15) is 4.99 Å². The lowest BCUT2D eigenvalue weighted by molar-refractivity contribution is -0.120. The molecule has 0 bridgehead atoms. The lowest BCUT2D eigenvalue weighted by atomic mass is 10.3. The Kier molecular flexibility index (Phi) is 5.96. The first-order valence-electron chi connectivity index (χ1n) is 8.21. The molecule has 0 aliphatic carbocycles. The Morgan fingerprint density at radius 1 is 1.21 bits per heavy atom. The SMILES string of the molecule is C#CCn1c(=NC(=O)COc2ccccc2F)sc2cc(OC)c(OC)cc21. The minimum Gasteiger partial charge on any atom is -0.493 e. The standard InChI is InChI=1S/C20H17FN2O4S/c1-4-9-23-14-10-16(25-2)17(26-3)11-18(14)28-20(23)22-19(24)12-27-15-8-6-5-7-13(15)21/h1,5-8,10-11H,9,12H2,2-3H3. The zero-order chi connectivity index (χ0) is 20.1. The highest BCUT2D eigenvalue weighted by molar-refractivity contribution is 7.16. The summed E-state index contributed by atoms with van der Waals surface area (Å²) in [6, 6.07) is 9.43. The van der Waals surface area contributed by atoms with E-state index >= 15 is 0 Å². The smallest absolute Gasteiger partial charge is 0.286 e. The summed E-state index contributed by atoms with van der Waals surface area (Å²) in [4.78, 5) is 16.8. The van der Waals surface area contributed by atoms with Gasteiger partial charge in [-0.05, 0) is 12.1 Å². The summed E-state index contributed by atoms with van der Waals surface area (Å²) < 4.78 is 32.0.